The predicted molar refractivity (Wildman–Crippen MR) is 77.8 cm³/mol. The van der Waals surface area contributed by atoms with Crippen molar-refractivity contribution in [2.24, 2.45) is 0 Å². The molecule has 1 rings (SSSR count). The van der Waals surface area contributed by atoms with Gasteiger partial charge in [-0.25, -0.2) is 0 Å². The van der Waals surface area contributed by atoms with Crippen LogP contribution in [0.25, 0.3) is 0 Å². The quantitative estimate of drug-likeness (QED) is 0.571. The summed E-state index contributed by atoms with van der Waals surface area (Å²) in [5.74, 6) is 1.06. The summed E-state index contributed by atoms with van der Waals surface area (Å²) < 4.78 is 0. The van der Waals surface area contributed by atoms with Crippen LogP contribution in [0.5, 0.6) is 0 Å². The van der Waals surface area contributed by atoms with Gasteiger partial charge in [0.25, 0.3) is 0 Å². The minimum Gasteiger partial charge on any atom is -0.102 e. The lowest BCUT2D eigenvalue weighted by Crippen LogP contribution is -1.97. The third kappa shape index (κ3) is 4.03. The summed E-state index contributed by atoms with van der Waals surface area (Å²) in [4.78, 5) is 0. The van der Waals surface area contributed by atoms with E-state index >= 15 is 0 Å². The lowest BCUT2D eigenvalue weighted by molar-refractivity contribution is 0.785. The molecule has 0 bridgehead atoms. The van der Waals surface area contributed by atoms with Crippen molar-refractivity contribution in [2.45, 2.75) is 58.8 Å². The molecular formula is C17H26. The van der Waals surface area contributed by atoms with Gasteiger partial charge in [-0.3, -0.25) is 0 Å². The van der Waals surface area contributed by atoms with Crippen molar-refractivity contribution >= 4 is 0 Å². The van der Waals surface area contributed by atoms with Crippen molar-refractivity contribution in [1.29, 1.82) is 0 Å². The minimum absolute atomic E-state index is 0.453. The van der Waals surface area contributed by atoms with Gasteiger partial charge in [0.15, 0.2) is 0 Å². The van der Waals surface area contributed by atoms with Gasteiger partial charge in [0.2, 0.25) is 0 Å². The summed E-state index contributed by atoms with van der Waals surface area (Å²) in [7, 11) is 0. The van der Waals surface area contributed by atoms with E-state index in [2.05, 4.69) is 52.5 Å². The highest BCUT2D eigenvalue weighted by atomic mass is 14.1. The molecule has 0 fully saturated rings. The van der Waals surface area contributed by atoms with Crippen molar-refractivity contribution in [3.63, 3.8) is 0 Å². The van der Waals surface area contributed by atoms with Gasteiger partial charge >= 0.3 is 0 Å². The highest BCUT2D eigenvalue weighted by Gasteiger charge is 2.07. The van der Waals surface area contributed by atoms with E-state index in [0.29, 0.717) is 11.8 Å². The highest BCUT2D eigenvalue weighted by Crippen LogP contribution is 2.25. The Morgan fingerprint density at radius 3 is 2.29 bits per heavy atom. The van der Waals surface area contributed by atoms with Gasteiger partial charge in [0.05, 0.1) is 0 Å². The van der Waals surface area contributed by atoms with Crippen LogP contribution in [-0.2, 0) is 6.42 Å². The summed E-state index contributed by atoms with van der Waals surface area (Å²) in [6.45, 7) is 12.9. The fourth-order valence-electron chi connectivity index (χ4n) is 2.00. The van der Waals surface area contributed by atoms with Crippen LogP contribution >= 0.6 is 0 Å². The van der Waals surface area contributed by atoms with E-state index in [0.717, 1.165) is 0 Å². The first-order valence-electron chi connectivity index (χ1n) is 6.84. The highest BCUT2D eigenvalue weighted by molar-refractivity contribution is 5.35. The van der Waals surface area contributed by atoms with E-state index in [1.807, 2.05) is 6.08 Å². The zero-order valence-electron chi connectivity index (χ0n) is 11.8. The standard InChI is InChI=1S/C17H26/c1-6-8-9-15-10-16(13(3)4)12-17(11-15)14(5)7-2/h7,10-14H,2,6,8-9H2,1,3-5H3. The lowest BCUT2D eigenvalue weighted by atomic mass is 9.91. The summed E-state index contributed by atoms with van der Waals surface area (Å²) >= 11 is 0. The summed E-state index contributed by atoms with van der Waals surface area (Å²) in [5.41, 5.74) is 4.36. The maximum absolute atomic E-state index is 3.90. The van der Waals surface area contributed by atoms with Crippen LogP contribution in [0.4, 0.5) is 0 Å². The second-order valence-electron chi connectivity index (χ2n) is 5.29. The minimum atomic E-state index is 0.453. The van der Waals surface area contributed by atoms with Crippen LogP contribution in [0.3, 0.4) is 0 Å². The Labute approximate surface area is 107 Å². The first-order chi connectivity index (χ1) is 8.08. The first-order valence-corrected chi connectivity index (χ1v) is 6.84. The van der Waals surface area contributed by atoms with E-state index in [1.165, 1.54) is 36.0 Å². The molecule has 1 aromatic rings. The maximum atomic E-state index is 3.90. The molecule has 0 saturated heterocycles. The van der Waals surface area contributed by atoms with Gasteiger partial charge in [0.1, 0.15) is 0 Å². The SMILES string of the molecule is C=CC(C)c1cc(CCCC)cc(C(C)C)c1. The Bertz CT molecular complexity index is 360. The predicted octanol–water partition coefficient (Wildman–Crippen LogP) is 5.44. The van der Waals surface area contributed by atoms with Crippen molar-refractivity contribution in [2.75, 3.05) is 0 Å². The van der Waals surface area contributed by atoms with Crippen molar-refractivity contribution in [1.82, 2.24) is 0 Å². The zero-order chi connectivity index (χ0) is 12.8. The summed E-state index contributed by atoms with van der Waals surface area (Å²) in [5, 5.41) is 0. The fraction of sp³-hybridized carbons (Fsp3) is 0.529. The Balaban J connectivity index is 3.04. The Morgan fingerprint density at radius 1 is 1.12 bits per heavy atom. The molecule has 0 N–H and O–H groups in total. The number of rotatable bonds is 6. The number of unbranched alkanes of at least 4 members (excludes halogenated alkanes) is 1. The van der Waals surface area contributed by atoms with E-state index in [1.54, 1.807) is 0 Å². The smallest absolute Gasteiger partial charge is 0.00129 e. The maximum Gasteiger partial charge on any atom is -0.00129 e. The van der Waals surface area contributed by atoms with Gasteiger partial charge in [-0.1, -0.05) is 58.4 Å². The van der Waals surface area contributed by atoms with Crippen molar-refractivity contribution in [3.8, 4) is 0 Å². The molecule has 0 heterocycles. The van der Waals surface area contributed by atoms with Crippen LogP contribution in [0.15, 0.2) is 30.9 Å². The zero-order valence-corrected chi connectivity index (χ0v) is 11.8. The van der Waals surface area contributed by atoms with Gasteiger partial charge in [-0.05, 0) is 41.4 Å². The summed E-state index contributed by atoms with van der Waals surface area (Å²) in [6.07, 6.45) is 5.78. The van der Waals surface area contributed by atoms with Crippen LogP contribution in [-0.4, -0.2) is 0 Å². The molecule has 0 heteroatoms. The van der Waals surface area contributed by atoms with Crippen LogP contribution in [0, 0.1) is 0 Å². The van der Waals surface area contributed by atoms with E-state index < -0.39 is 0 Å². The molecule has 1 aromatic carbocycles. The number of hydrogen-bond donors (Lipinski definition) is 0. The molecule has 0 aliphatic carbocycles. The van der Waals surface area contributed by atoms with Crippen molar-refractivity contribution < 1.29 is 0 Å². The van der Waals surface area contributed by atoms with Crippen molar-refractivity contribution in [3.05, 3.63) is 47.5 Å². The third-order valence-electron chi connectivity index (χ3n) is 3.40. The topological polar surface area (TPSA) is 0 Å². The largest absolute Gasteiger partial charge is 0.102 e. The van der Waals surface area contributed by atoms with Crippen LogP contribution < -0.4 is 0 Å². The Kier molecular flexibility index (Phi) is 5.47. The molecule has 0 amide bonds. The molecule has 94 valence electrons. The van der Waals surface area contributed by atoms with E-state index in [4.69, 9.17) is 0 Å². The molecule has 0 nitrogen and oxygen atoms in total. The molecule has 1 atom stereocenters. The molecule has 0 spiro atoms. The van der Waals surface area contributed by atoms with Gasteiger partial charge in [0, 0.05) is 0 Å². The molecule has 0 saturated carbocycles. The Hall–Kier alpha value is -1.04. The number of hydrogen-bond acceptors (Lipinski definition) is 0. The monoisotopic (exact) mass is 230 g/mol. The van der Waals surface area contributed by atoms with E-state index in [9.17, 15) is 0 Å². The van der Waals surface area contributed by atoms with Crippen LogP contribution in [0.1, 0.15) is 69.1 Å². The number of aryl methyl sites for hydroxylation is 1. The molecule has 0 aromatic heterocycles. The summed E-state index contributed by atoms with van der Waals surface area (Å²) in [6, 6.07) is 7.07. The first kappa shape index (κ1) is 14.0. The van der Waals surface area contributed by atoms with Gasteiger partial charge in [-0.15, -0.1) is 6.58 Å². The average molecular weight is 230 g/mol. The molecule has 0 aliphatic heterocycles. The Morgan fingerprint density at radius 2 is 1.76 bits per heavy atom. The number of allylic oxidation sites excluding steroid dienone is 1. The van der Waals surface area contributed by atoms with Gasteiger partial charge < -0.3 is 0 Å². The fourth-order valence-corrected chi connectivity index (χ4v) is 2.00. The second kappa shape index (κ2) is 6.64. The van der Waals surface area contributed by atoms with E-state index in [-0.39, 0.29) is 0 Å². The molecule has 1 unspecified atom stereocenters. The average Bonchev–Trinajstić information content (AvgIpc) is 2.34. The molecular weight excluding hydrogens is 204 g/mol. The molecule has 17 heavy (non-hydrogen) atoms. The molecule has 0 radical (unpaired) electrons. The van der Waals surface area contributed by atoms with Gasteiger partial charge in [-0.2, -0.15) is 0 Å². The molecule has 0 aliphatic rings. The number of benzene rings is 1. The lowest BCUT2D eigenvalue weighted by Gasteiger charge is -2.14. The third-order valence-corrected chi connectivity index (χ3v) is 3.40. The second-order valence-corrected chi connectivity index (χ2v) is 5.29. The normalized spacial score (nSPS) is 12.8. The van der Waals surface area contributed by atoms with Crippen LogP contribution in [0.2, 0.25) is 0 Å².